The highest BCUT2D eigenvalue weighted by Gasteiger charge is 2.31. The molecule has 1 aliphatic heterocycles. The Kier molecular flexibility index (Phi) is 5.28. The lowest BCUT2D eigenvalue weighted by atomic mass is 10.1. The van der Waals surface area contributed by atoms with Crippen LogP contribution in [0.5, 0.6) is 0 Å². The first-order chi connectivity index (χ1) is 10.2. The molecule has 0 bridgehead atoms. The zero-order valence-corrected chi connectivity index (χ0v) is 15.7. The fourth-order valence-electron chi connectivity index (χ4n) is 2.51. The van der Waals surface area contributed by atoms with Crippen molar-refractivity contribution in [3.63, 3.8) is 0 Å². The number of amides is 1. The van der Waals surface area contributed by atoms with Crippen molar-refractivity contribution < 1.29 is 9.53 Å². The summed E-state index contributed by atoms with van der Waals surface area (Å²) in [7, 11) is 0. The summed E-state index contributed by atoms with van der Waals surface area (Å²) in [5.74, 6) is 0. The molecule has 2 rings (SSSR count). The number of anilines is 1. The second-order valence-electron chi connectivity index (χ2n) is 6.56. The molecule has 0 radical (unpaired) electrons. The molecular weight excluding hydrogens is 368 g/mol. The molecule has 122 valence electrons. The largest absolute Gasteiger partial charge is 0.444 e. The highest BCUT2D eigenvalue weighted by atomic mass is 79.9. The van der Waals surface area contributed by atoms with Gasteiger partial charge in [0.05, 0.1) is 10.7 Å². The van der Waals surface area contributed by atoms with Crippen LogP contribution < -0.4 is 4.90 Å². The molecule has 4 nitrogen and oxygen atoms in total. The molecule has 0 aliphatic carbocycles. The van der Waals surface area contributed by atoms with Gasteiger partial charge in [-0.15, -0.1) is 0 Å². The molecule has 0 unspecified atom stereocenters. The van der Waals surface area contributed by atoms with Gasteiger partial charge in [0.2, 0.25) is 0 Å². The SMILES string of the molecule is C[C@@H]1CN(c2ccc(Br)cc2Cl)CCN1C(=O)OC(C)(C)C. The van der Waals surface area contributed by atoms with E-state index < -0.39 is 5.60 Å². The second kappa shape index (κ2) is 6.67. The van der Waals surface area contributed by atoms with Crippen LogP contribution in [-0.2, 0) is 4.74 Å². The van der Waals surface area contributed by atoms with Crippen molar-refractivity contribution in [3.05, 3.63) is 27.7 Å². The third-order valence-electron chi connectivity index (χ3n) is 3.51. The van der Waals surface area contributed by atoms with Gasteiger partial charge in [0.25, 0.3) is 0 Å². The van der Waals surface area contributed by atoms with Gasteiger partial charge < -0.3 is 14.5 Å². The Balaban J connectivity index is 2.05. The number of hydrogen-bond donors (Lipinski definition) is 0. The first kappa shape index (κ1) is 17.4. The Morgan fingerprint density at radius 3 is 2.59 bits per heavy atom. The van der Waals surface area contributed by atoms with Crippen molar-refractivity contribution in [2.45, 2.75) is 39.3 Å². The van der Waals surface area contributed by atoms with Crippen molar-refractivity contribution in [3.8, 4) is 0 Å². The molecular formula is C16H22BrClN2O2. The standard InChI is InChI=1S/C16H22BrClN2O2/c1-11-10-19(14-6-5-12(17)9-13(14)18)7-8-20(11)15(21)22-16(2,3)4/h5-6,9,11H,7-8,10H2,1-4H3/t11-/m1/s1. The Morgan fingerprint density at radius 1 is 1.36 bits per heavy atom. The average Bonchev–Trinajstić information content (AvgIpc) is 2.36. The normalized spacial score (nSPS) is 19.3. The summed E-state index contributed by atoms with van der Waals surface area (Å²) in [4.78, 5) is 16.2. The minimum Gasteiger partial charge on any atom is -0.444 e. The van der Waals surface area contributed by atoms with Crippen molar-refractivity contribution in [2.75, 3.05) is 24.5 Å². The van der Waals surface area contributed by atoms with Gasteiger partial charge in [0.1, 0.15) is 5.60 Å². The zero-order chi connectivity index (χ0) is 16.5. The summed E-state index contributed by atoms with van der Waals surface area (Å²) < 4.78 is 6.42. The number of hydrogen-bond acceptors (Lipinski definition) is 3. The number of benzene rings is 1. The van der Waals surface area contributed by atoms with Crippen LogP contribution in [0.15, 0.2) is 22.7 Å². The monoisotopic (exact) mass is 388 g/mol. The van der Waals surface area contributed by atoms with Crippen LogP contribution in [0.2, 0.25) is 5.02 Å². The van der Waals surface area contributed by atoms with Crippen molar-refractivity contribution >= 4 is 39.3 Å². The highest BCUT2D eigenvalue weighted by molar-refractivity contribution is 9.10. The zero-order valence-electron chi connectivity index (χ0n) is 13.4. The second-order valence-corrected chi connectivity index (χ2v) is 7.89. The Bertz CT molecular complexity index is 560. The van der Waals surface area contributed by atoms with Crippen LogP contribution in [0.3, 0.4) is 0 Å². The molecule has 22 heavy (non-hydrogen) atoms. The molecule has 1 aromatic rings. The van der Waals surface area contributed by atoms with E-state index in [4.69, 9.17) is 16.3 Å². The third kappa shape index (κ3) is 4.29. The lowest BCUT2D eigenvalue weighted by Crippen LogP contribution is -2.55. The number of piperazine rings is 1. The van der Waals surface area contributed by atoms with Crippen LogP contribution in [-0.4, -0.2) is 42.3 Å². The molecule has 0 N–H and O–H groups in total. The van der Waals surface area contributed by atoms with Crippen LogP contribution in [0.1, 0.15) is 27.7 Å². The van der Waals surface area contributed by atoms with Gasteiger partial charge in [-0.05, 0) is 45.9 Å². The summed E-state index contributed by atoms with van der Waals surface area (Å²) >= 11 is 9.74. The Hall–Kier alpha value is -0.940. The first-order valence-electron chi connectivity index (χ1n) is 7.37. The maximum Gasteiger partial charge on any atom is 0.410 e. The molecule has 0 spiro atoms. The van der Waals surface area contributed by atoms with E-state index in [0.717, 1.165) is 23.2 Å². The van der Waals surface area contributed by atoms with E-state index in [2.05, 4.69) is 20.8 Å². The molecule has 1 aliphatic rings. The summed E-state index contributed by atoms with van der Waals surface area (Å²) in [5, 5.41) is 0.715. The molecule has 1 saturated heterocycles. The van der Waals surface area contributed by atoms with Gasteiger partial charge in [0, 0.05) is 30.1 Å². The molecule has 1 heterocycles. The quantitative estimate of drug-likeness (QED) is 0.706. The number of ether oxygens (including phenoxy) is 1. The van der Waals surface area contributed by atoms with Gasteiger partial charge in [-0.1, -0.05) is 27.5 Å². The predicted molar refractivity (Wildman–Crippen MR) is 93.8 cm³/mol. The van der Waals surface area contributed by atoms with E-state index in [1.807, 2.05) is 45.9 Å². The van der Waals surface area contributed by atoms with Gasteiger partial charge in [-0.3, -0.25) is 0 Å². The lowest BCUT2D eigenvalue weighted by molar-refractivity contribution is 0.0159. The molecule has 1 aromatic carbocycles. The predicted octanol–water partition coefficient (Wildman–Crippen LogP) is 4.55. The van der Waals surface area contributed by atoms with Crippen molar-refractivity contribution in [1.29, 1.82) is 0 Å². The first-order valence-corrected chi connectivity index (χ1v) is 8.54. The Morgan fingerprint density at radius 2 is 2.05 bits per heavy atom. The van der Waals surface area contributed by atoms with E-state index >= 15 is 0 Å². The van der Waals surface area contributed by atoms with Crippen molar-refractivity contribution in [2.24, 2.45) is 0 Å². The number of carbonyl (C=O) groups is 1. The third-order valence-corrected chi connectivity index (χ3v) is 4.30. The van der Waals surface area contributed by atoms with Gasteiger partial charge in [-0.2, -0.15) is 0 Å². The summed E-state index contributed by atoms with van der Waals surface area (Å²) in [6.45, 7) is 9.78. The molecule has 1 fully saturated rings. The van der Waals surface area contributed by atoms with Crippen molar-refractivity contribution in [1.82, 2.24) is 4.90 Å². The molecule has 0 saturated carbocycles. The minimum atomic E-state index is -0.469. The highest BCUT2D eigenvalue weighted by Crippen LogP contribution is 2.30. The van der Waals surface area contributed by atoms with Crippen LogP contribution in [0.25, 0.3) is 0 Å². The number of nitrogens with zero attached hydrogens (tertiary/aromatic N) is 2. The minimum absolute atomic E-state index is 0.0725. The number of carbonyl (C=O) groups excluding carboxylic acids is 1. The van der Waals surface area contributed by atoms with E-state index in [0.29, 0.717) is 11.6 Å². The topological polar surface area (TPSA) is 32.8 Å². The van der Waals surface area contributed by atoms with E-state index in [1.54, 1.807) is 4.90 Å². The smallest absolute Gasteiger partial charge is 0.410 e. The number of rotatable bonds is 1. The summed E-state index contributed by atoms with van der Waals surface area (Å²) in [6, 6.07) is 5.94. The molecule has 6 heteroatoms. The fourth-order valence-corrected chi connectivity index (χ4v) is 3.30. The molecule has 1 amide bonds. The van der Waals surface area contributed by atoms with E-state index in [9.17, 15) is 4.79 Å². The fraction of sp³-hybridized carbons (Fsp3) is 0.562. The maximum atomic E-state index is 12.2. The van der Waals surface area contributed by atoms with Gasteiger partial charge in [-0.25, -0.2) is 4.79 Å². The van der Waals surface area contributed by atoms with Crippen LogP contribution in [0.4, 0.5) is 10.5 Å². The molecule has 0 aromatic heterocycles. The van der Waals surface area contributed by atoms with Crippen LogP contribution >= 0.6 is 27.5 Å². The summed E-state index contributed by atoms with van der Waals surface area (Å²) in [6.07, 6.45) is -0.249. The van der Waals surface area contributed by atoms with Gasteiger partial charge in [0.15, 0.2) is 0 Å². The average molecular weight is 390 g/mol. The maximum absolute atomic E-state index is 12.2. The van der Waals surface area contributed by atoms with E-state index in [1.165, 1.54) is 0 Å². The number of halogens is 2. The summed E-state index contributed by atoms with van der Waals surface area (Å²) in [5.41, 5.74) is 0.531. The molecule has 1 atom stereocenters. The van der Waals surface area contributed by atoms with E-state index in [-0.39, 0.29) is 12.1 Å². The lowest BCUT2D eigenvalue weighted by Gasteiger charge is -2.41. The van der Waals surface area contributed by atoms with Crippen LogP contribution in [0, 0.1) is 0 Å². The van der Waals surface area contributed by atoms with Gasteiger partial charge >= 0.3 is 6.09 Å². The Labute approximate surface area is 145 Å².